The molecule has 0 radical (unpaired) electrons. The number of aromatic nitrogens is 3. The topological polar surface area (TPSA) is 60.2 Å². The van der Waals surface area contributed by atoms with Crippen LogP contribution in [0.25, 0.3) is 11.4 Å². The highest BCUT2D eigenvalue weighted by Gasteiger charge is 2.19. The maximum Gasteiger partial charge on any atom is 0.233 e. The van der Waals surface area contributed by atoms with Crippen LogP contribution in [-0.2, 0) is 11.3 Å². The summed E-state index contributed by atoms with van der Waals surface area (Å²) < 4.78 is 7.19. The summed E-state index contributed by atoms with van der Waals surface area (Å²) >= 11 is 1.44. The molecule has 2 aromatic rings. The summed E-state index contributed by atoms with van der Waals surface area (Å²) in [6, 6.07) is 7.70. The van der Waals surface area contributed by atoms with Gasteiger partial charge in [0.05, 0.1) is 12.9 Å². The molecule has 7 heteroatoms. The molecule has 1 amide bonds. The number of piperidine rings is 1. The van der Waals surface area contributed by atoms with Crippen LogP contribution in [0.5, 0.6) is 5.75 Å². The summed E-state index contributed by atoms with van der Waals surface area (Å²) in [5, 5.41) is 9.36. The van der Waals surface area contributed by atoms with Crippen LogP contribution < -0.4 is 4.74 Å². The first-order valence-electron chi connectivity index (χ1n) is 8.82. The van der Waals surface area contributed by atoms with E-state index in [9.17, 15) is 4.79 Å². The lowest BCUT2D eigenvalue weighted by Gasteiger charge is -2.26. The van der Waals surface area contributed by atoms with Crippen molar-refractivity contribution in [3.63, 3.8) is 0 Å². The molecule has 0 saturated carbocycles. The maximum atomic E-state index is 12.4. The minimum atomic E-state index is 0.175. The van der Waals surface area contributed by atoms with Crippen molar-refractivity contribution >= 4 is 17.7 Å². The number of carbonyl (C=O) groups excluding carboxylic acids is 1. The summed E-state index contributed by atoms with van der Waals surface area (Å²) in [6.07, 6.45) is 5.23. The van der Waals surface area contributed by atoms with Gasteiger partial charge < -0.3 is 9.64 Å². The van der Waals surface area contributed by atoms with Crippen molar-refractivity contribution in [1.82, 2.24) is 19.7 Å². The highest BCUT2D eigenvalue weighted by atomic mass is 32.2. The second-order valence-corrected chi connectivity index (χ2v) is 7.11. The van der Waals surface area contributed by atoms with Gasteiger partial charge in [-0.25, -0.2) is 0 Å². The molecule has 1 saturated heterocycles. The molecule has 1 aromatic heterocycles. The zero-order valence-electron chi connectivity index (χ0n) is 15.1. The van der Waals surface area contributed by atoms with Crippen molar-refractivity contribution in [1.29, 1.82) is 0 Å². The second kappa shape index (κ2) is 8.89. The van der Waals surface area contributed by atoms with E-state index in [1.165, 1.54) is 18.2 Å². The van der Waals surface area contributed by atoms with E-state index < -0.39 is 0 Å². The number of ether oxygens (including phenoxy) is 1. The lowest BCUT2D eigenvalue weighted by molar-refractivity contribution is -0.129. The zero-order valence-corrected chi connectivity index (χ0v) is 15.9. The van der Waals surface area contributed by atoms with Gasteiger partial charge in [0.1, 0.15) is 5.75 Å². The number of hydrogen-bond acceptors (Lipinski definition) is 5. The van der Waals surface area contributed by atoms with E-state index in [1.807, 2.05) is 39.8 Å². The fourth-order valence-corrected chi connectivity index (χ4v) is 3.85. The number of rotatable bonds is 7. The smallest absolute Gasteiger partial charge is 0.233 e. The number of likely N-dealkylation sites (tertiary alicyclic amines) is 1. The van der Waals surface area contributed by atoms with Crippen molar-refractivity contribution in [2.45, 2.75) is 31.0 Å². The summed E-state index contributed by atoms with van der Waals surface area (Å²) in [5.74, 6) is 2.12. The molecule has 6 nitrogen and oxygen atoms in total. The Bertz CT molecular complexity index is 751. The van der Waals surface area contributed by atoms with Gasteiger partial charge in [0.2, 0.25) is 5.91 Å². The number of thioether (sulfide) groups is 1. The summed E-state index contributed by atoms with van der Waals surface area (Å²) in [5.41, 5.74) is 0.953. The zero-order chi connectivity index (χ0) is 18.4. The Morgan fingerprint density at radius 3 is 2.62 bits per heavy atom. The molecule has 0 bridgehead atoms. The Labute approximate surface area is 158 Å². The molecule has 0 atom stereocenters. The lowest BCUT2D eigenvalue weighted by Crippen LogP contribution is -2.36. The molecule has 0 unspecified atom stereocenters. The Kier molecular flexibility index (Phi) is 6.33. The Morgan fingerprint density at radius 1 is 1.23 bits per heavy atom. The first-order chi connectivity index (χ1) is 12.7. The molecule has 3 rings (SSSR count). The van der Waals surface area contributed by atoms with E-state index in [2.05, 4.69) is 16.8 Å². The van der Waals surface area contributed by atoms with Crippen LogP contribution in [0.1, 0.15) is 19.3 Å². The van der Waals surface area contributed by atoms with E-state index in [4.69, 9.17) is 4.74 Å². The van der Waals surface area contributed by atoms with Crippen LogP contribution in [0.4, 0.5) is 0 Å². The average molecular weight is 372 g/mol. The van der Waals surface area contributed by atoms with Crippen LogP contribution in [0.3, 0.4) is 0 Å². The fraction of sp³-hybridized carbons (Fsp3) is 0.421. The third-order valence-electron chi connectivity index (χ3n) is 4.41. The van der Waals surface area contributed by atoms with Gasteiger partial charge in [0.15, 0.2) is 11.0 Å². The SMILES string of the molecule is C=CCn1c(SCC(=O)N2CCCCC2)nnc1-c1ccc(OC)cc1. The predicted octanol–water partition coefficient (Wildman–Crippen LogP) is 3.24. The van der Waals surface area contributed by atoms with Crippen LogP contribution in [-0.4, -0.2) is 51.5 Å². The minimum absolute atomic E-state index is 0.175. The van der Waals surface area contributed by atoms with Crippen LogP contribution in [0.2, 0.25) is 0 Å². The number of amides is 1. The average Bonchev–Trinajstić information content (AvgIpc) is 3.10. The highest BCUT2D eigenvalue weighted by molar-refractivity contribution is 7.99. The van der Waals surface area contributed by atoms with Gasteiger partial charge in [-0.2, -0.15) is 0 Å². The number of hydrogen-bond donors (Lipinski definition) is 0. The lowest BCUT2D eigenvalue weighted by atomic mass is 10.1. The quantitative estimate of drug-likeness (QED) is 0.552. The molecule has 0 spiro atoms. The summed E-state index contributed by atoms with van der Waals surface area (Å²) in [4.78, 5) is 14.4. The molecular weight excluding hydrogens is 348 g/mol. The first-order valence-corrected chi connectivity index (χ1v) is 9.80. The first kappa shape index (κ1) is 18.5. The molecule has 2 heterocycles. The van der Waals surface area contributed by atoms with Gasteiger partial charge in [-0.1, -0.05) is 17.8 Å². The Morgan fingerprint density at radius 2 is 1.96 bits per heavy atom. The standard InChI is InChI=1S/C19H24N4O2S/c1-3-11-23-18(15-7-9-16(25-2)10-8-15)20-21-19(23)26-14-17(24)22-12-5-4-6-13-22/h3,7-10H,1,4-6,11-14H2,2H3. The van der Waals surface area contributed by atoms with E-state index in [-0.39, 0.29) is 5.91 Å². The normalized spacial score (nSPS) is 14.3. The Balaban J connectivity index is 1.73. The summed E-state index contributed by atoms with van der Waals surface area (Å²) in [7, 11) is 1.64. The van der Waals surface area contributed by atoms with E-state index in [0.717, 1.165) is 48.2 Å². The van der Waals surface area contributed by atoms with Crippen LogP contribution in [0.15, 0.2) is 42.1 Å². The molecule has 138 valence electrons. The van der Waals surface area contributed by atoms with Crippen molar-refractivity contribution < 1.29 is 9.53 Å². The van der Waals surface area contributed by atoms with Gasteiger partial charge in [-0.3, -0.25) is 9.36 Å². The Hall–Kier alpha value is -2.28. The monoisotopic (exact) mass is 372 g/mol. The van der Waals surface area contributed by atoms with Crippen molar-refractivity contribution in [2.24, 2.45) is 0 Å². The van der Waals surface area contributed by atoms with Gasteiger partial charge in [0.25, 0.3) is 0 Å². The molecule has 1 aliphatic rings. The van der Waals surface area contributed by atoms with Crippen LogP contribution in [0, 0.1) is 0 Å². The summed E-state index contributed by atoms with van der Waals surface area (Å²) in [6.45, 7) is 6.16. The highest BCUT2D eigenvalue weighted by Crippen LogP contribution is 2.26. The minimum Gasteiger partial charge on any atom is -0.497 e. The van der Waals surface area contributed by atoms with Crippen molar-refractivity contribution in [3.8, 4) is 17.1 Å². The third kappa shape index (κ3) is 4.27. The van der Waals surface area contributed by atoms with Gasteiger partial charge in [-0.15, -0.1) is 16.8 Å². The largest absolute Gasteiger partial charge is 0.497 e. The van der Waals surface area contributed by atoms with Crippen molar-refractivity contribution in [2.75, 3.05) is 26.0 Å². The number of methoxy groups -OCH3 is 1. The molecular formula is C19H24N4O2S. The fourth-order valence-electron chi connectivity index (χ4n) is 3.00. The molecule has 0 N–H and O–H groups in total. The van der Waals surface area contributed by atoms with Gasteiger partial charge in [0, 0.05) is 25.2 Å². The van der Waals surface area contributed by atoms with E-state index in [1.54, 1.807) is 7.11 Å². The third-order valence-corrected chi connectivity index (χ3v) is 5.36. The predicted molar refractivity (Wildman–Crippen MR) is 103 cm³/mol. The number of carbonyl (C=O) groups is 1. The molecule has 1 aromatic carbocycles. The maximum absolute atomic E-state index is 12.4. The molecule has 0 aliphatic carbocycles. The van der Waals surface area contributed by atoms with E-state index >= 15 is 0 Å². The number of nitrogens with zero attached hydrogens (tertiary/aromatic N) is 4. The molecule has 1 fully saturated rings. The van der Waals surface area contributed by atoms with Crippen molar-refractivity contribution in [3.05, 3.63) is 36.9 Å². The van der Waals surface area contributed by atoms with E-state index in [0.29, 0.717) is 12.3 Å². The second-order valence-electron chi connectivity index (χ2n) is 6.16. The number of benzene rings is 1. The van der Waals surface area contributed by atoms with Gasteiger partial charge in [-0.05, 0) is 43.5 Å². The van der Waals surface area contributed by atoms with Crippen LogP contribution >= 0.6 is 11.8 Å². The van der Waals surface area contributed by atoms with Gasteiger partial charge >= 0.3 is 0 Å². The molecule has 1 aliphatic heterocycles. The number of allylic oxidation sites excluding steroid dienone is 1. The molecule has 26 heavy (non-hydrogen) atoms.